The molecule has 0 aromatic heterocycles. The molecule has 1 N–H and O–H groups in total. The van der Waals surface area contributed by atoms with E-state index < -0.39 is 17.9 Å². The lowest BCUT2D eigenvalue weighted by molar-refractivity contribution is -0.140. The highest BCUT2D eigenvalue weighted by Gasteiger charge is 2.35. The lowest BCUT2D eigenvalue weighted by atomic mass is 10.00. The monoisotopic (exact) mass is 349 g/mol. The van der Waals surface area contributed by atoms with Gasteiger partial charge in [-0.3, -0.25) is 0 Å². The quantitative estimate of drug-likeness (QED) is 0.814. The van der Waals surface area contributed by atoms with Gasteiger partial charge in [0, 0.05) is 0 Å². The number of hydrogen-bond donors (Lipinski definition) is 1. The van der Waals surface area contributed by atoms with Crippen LogP contribution in [-0.2, 0) is 23.8 Å². The van der Waals surface area contributed by atoms with Crippen molar-refractivity contribution >= 4 is 23.6 Å². The van der Waals surface area contributed by atoms with Gasteiger partial charge in [0.15, 0.2) is 0 Å². The van der Waals surface area contributed by atoms with Crippen LogP contribution < -0.4 is 4.90 Å². The fourth-order valence-electron chi connectivity index (χ4n) is 2.73. The summed E-state index contributed by atoms with van der Waals surface area (Å²) in [6, 6.07) is 3.41. The van der Waals surface area contributed by atoms with Crippen LogP contribution >= 0.6 is 0 Å². The summed E-state index contributed by atoms with van der Waals surface area (Å²) < 4.78 is 14.9. The Morgan fingerprint density at radius 2 is 1.68 bits per heavy atom. The Bertz CT molecular complexity index is 767. The van der Waals surface area contributed by atoms with E-state index in [4.69, 9.17) is 14.2 Å². The van der Waals surface area contributed by atoms with Crippen LogP contribution in [0.15, 0.2) is 23.4 Å². The molecular weight excluding hydrogens is 330 g/mol. The van der Waals surface area contributed by atoms with Gasteiger partial charge in [-0.2, -0.15) is 0 Å². The van der Waals surface area contributed by atoms with E-state index in [2.05, 4.69) is 0 Å². The Morgan fingerprint density at radius 3 is 2.24 bits per heavy atom. The molecule has 2 rings (SSSR count). The molecule has 0 spiro atoms. The van der Waals surface area contributed by atoms with E-state index in [1.54, 1.807) is 26.0 Å². The molecule has 134 valence electrons. The Balaban J connectivity index is 2.77. The third kappa shape index (κ3) is 3.34. The van der Waals surface area contributed by atoms with Crippen LogP contribution in [0.25, 0.3) is 0 Å². The maximum Gasteiger partial charge on any atom is 0.355 e. The number of carbonyl (C=O) groups excluding carboxylic acids is 2. The molecule has 1 heterocycles. The van der Waals surface area contributed by atoms with E-state index in [1.165, 1.54) is 19.1 Å². The summed E-state index contributed by atoms with van der Waals surface area (Å²) in [6.07, 6.45) is 0. The standard InChI is InChI=1S/C17H19NO7/c1-9-5-6-10(2)13(12(9)15(19)20)18-8-25-7-11(16(21)23-3)14(18)17(22)24-4/h5-6H,7-8H2,1-4H3,(H,19,20). The molecule has 0 radical (unpaired) electrons. The minimum Gasteiger partial charge on any atom is -0.478 e. The van der Waals surface area contributed by atoms with Crippen molar-refractivity contribution in [2.45, 2.75) is 13.8 Å². The van der Waals surface area contributed by atoms with Gasteiger partial charge in [-0.05, 0) is 25.0 Å². The van der Waals surface area contributed by atoms with Crippen LogP contribution in [-0.4, -0.2) is 50.6 Å². The minimum atomic E-state index is -1.15. The summed E-state index contributed by atoms with van der Waals surface area (Å²) in [5, 5.41) is 9.61. The number of carboxylic acids is 1. The molecule has 0 bridgehead atoms. The van der Waals surface area contributed by atoms with Crippen molar-refractivity contribution < 1.29 is 33.7 Å². The number of aryl methyl sites for hydroxylation is 2. The van der Waals surface area contributed by atoms with E-state index in [0.717, 1.165) is 0 Å². The van der Waals surface area contributed by atoms with Crippen molar-refractivity contribution in [3.05, 3.63) is 40.1 Å². The number of carbonyl (C=O) groups is 3. The second-order valence-corrected chi connectivity index (χ2v) is 5.44. The molecule has 8 heteroatoms. The fraction of sp³-hybridized carbons (Fsp3) is 0.353. The molecule has 0 saturated carbocycles. The molecule has 25 heavy (non-hydrogen) atoms. The van der Waals surface area contributed by atoms with Crippen LogP contribution in [0, 0.1) is 13.8 Å². The molecule has 1 aromatic carbocycles. The molecule has 1 aromatic rings. The molecule has 1 aliphatic heterocycles. The number of carboxylic acid groups (broad SMARTS) is 1. The maximum atomic E-state index is 12.3. The van der Waals surface area contributed by atoms with E-state index >= 15 is 0 Å². The van der Waals surface area contributed by atoms with Gasteiger partial charge in [-0.25, -0.2) is 14.4 Å². The molecule has 0 unspecified atom stereocenters. The summed E-state index contributed by atoms with van der Waals surface area (Å²) in [4.78, 5) is 37.5. The van der Waals surface area contributed by atoms with Gasteiger partial charge in [0.25, 0.3) is 0 Å². The third-order valence-electron chi connectivity index (χ3n) is 3.90. The van der Waals surface area contributed by atoms with Gasteiger partial charge in [-0.15, -0.1) is 0 Å². The van der Waals surface area contributed by atoms with Crippen LogP contribution in [0.5, 0.6) is 0 Å². The fourth-order valence-corrected chi connectivity index (χ4v) is 2.73. The zero-order valence-electron chi connectivity index (χ0n) is 14.4. The van der Waals surface area contributed by atoms with Crippen molar-refractivity contribution in [1.29, 1.82) is 0 Å². The lowest BCUT2D eigenvalue weighted by Crippen LogP contribution is -2.40. The largest absolute Gasteiger partial charge is 0.478 e. The summed E-state index contributed by atoms with van der Waals surface area (Å²) in [5.41, 5.74) is 1.31. The lowest BCUT2D eigenvalue weighted by Gasteiger charge is -2.33. The number of hydrogen-bond acceptors (Lipinski definition) is 7. The number of nitrogens with zero attached hydrogens (tertiary/aromatic N) is 1. The average molecular weight is 349 g/mol. The Labute approximate surface area is 144 Å². The average Bonchev–Trinajstić information content (AvgIpc) is 2.61. The molecule has 0 atom stereocenters. The normalized spacial score (nSPS) is 14.3. The van der Waals surface area contributed by atoms with Gasteiger partial charge in [0.2, 0.25) is 0 Å². The first-order valence-corrected chi connectivity index (χ1v) is 7.42. The number of esters is 2. The summed E-state index contributed by atoms with van der Waals surface area (Å²) in [6.45, 7) is 3.12. The van der Waals surface area contributed by atoms with E-state index in [0.29, 0.717) is 11.1 Å². The van der Waals surface area contributed by atoms with Crippen molar-refractivity contribution in [2.24, 2.45) is 0 Å². The SMILES string of the molecule is COC(=O)C1=C(C(=O)OC)N(c2c(C)ccc(C)c2C(=O)O)COC1. The Morgan fingerprint density at radius 1 is 1.08 bits per heavy atom. The number of methoxy groups -OCH3 is 2. The highest BCUT2D eigenvalue weighted by atomic mass is 16.5. The van der Waals surface area contributed by atoms with Gasteiger partial charge < -0.3 is 24.2 Å². The minimum absolute atomic E-state index is 0.0242. The van der Waals surface area contributed by atoms with Crippen LogP contribution in [0.1, 0.15) is 21.5 Å². The van der Waals surface area contributed by atoms with Crippen molar-refractivity contribution in [3.8, 4) is 0 Å². The molecule has 0 fully saturated rings. The molecule has 0 amide bonds. The van der Waals surface area contributed by atoms with Crippen molar-refractivity contribution in [2.75, 3.05) is 32.5 Å². The first kappa shape index (κ1) is 18.5. The van der Waals surface area contributed by atoms with Crippen LogP contribution in [0.4, 0.5) is 5.69 Å². The molecule has 8 nitrogen and oxygen atoms in total. The van der Waals surface area contributed by atoms with Crippen LogP contribution in [0.2, 0.25) is 0 Å². The van der Waals surface area contributed by atoms with Crippen molar-refractivity contribution in [3.63, 3.8) is 0 Å². The van der Waals surface area contributed by atoms with Gasteiger partial charge in [-0.1, -0.05) is 12.1 Å². The van der Waals surface area contributed by atoms with Gasteiger partial charge in [0.05, 0.1) is 37.7 Å². The molecule has 0 aliphatic carbocycles. The smallest absolute Gasteiger partial charge is 0.355 e. The van der Waals surface area contributed by atoms with E-state index in [9.17, 15) is 19.5 Å². The number of benzene rings is 1. The summed E-state index contributed by atoms with van der Waals surface area (Å²) in [5.74, 6) is -2.67. The van der Waals surface area contributed by atoms with Gasteiger partial charge >= 0.3 is 17.9 Å². The zero-order chi connectivity index (χ0) is 18.7. The van der Waals surface area contributed by atoms with Gasteiger partial charge in [0.1, 0.15) is 12.4 Å². The number of ether oxygens (including phenoxy) is 3. The number of aromatic carboxylic acids is 1. The van der Waals surface area contributed by atoms with E-state index in [-0.39, 0.29) is 35.9 Å². The van der Waals surface area contributed by atoms with Crippen molar-refractivity contribution in [1.82, 2.24) is 0 Å². The second kappa shape index (κ2) is 7.35. The second-order valence-electron chi connectivity index (χ2n) is 5.44. The Hall–Kier alpha value is -2.87. The first-order chi connectivity index (χ1) is 11.8. The third-order valence-corrected chi connectivity index (χ3v) is 3.90. The molecular formula is C17H19NO7. The molecule has 0 saturated heterocycles. The maximum absolute atomic E-state index is 12.3. The first-order valence-electron chi connectivity index (χ1n) is 7.42. The predicted molar refractivity (Wildman–Crippen MR) is 87.2 cm³/mol. The van der Waals surface area contributed by atoms with Crippen LogP contribution in [0.3, 0.4) is 0 Å². The zero-order valence-corrected chi connectivity index (χ0v) is 14.4. The number of anilines is 1. The molecule has 1 aliphatic rings. The number of rotatable bonds is 4. The summed E-state index contributed by atoms with van der Waals surface area (Å²) >= 11 is 0. The Kier molecular flexibility index (Phi) is 5.43. The highest BCUT2D eigenvalue weighted by molar-refractivity contribution is 6.06. The predicted octanol–water partition coefficient (Wildman–Crippen LogP) is 1.40. The van der Waals surface area contributed by atoms with E-state index in [1.807, 2.05) is 0 Å². The highest BCUT2D eigenvalue weighted by Crippen LogP contribution is 2.34. The topological polar surface area (TPSA) is 102 Å². The summed E-state index contributed by atoms with van der Waals surface area (Å²) in [7, 11) is 2.36.